The molecule has 20 heavy (non-hydrogen) atoms. The highest BCUT2D eigenvalue weighted by Crippen LogP contribution is 2.30. The van der Waals surface area contributed by atoms with E-state index in [2.05, 4.69) is 11.4 Å². The molecule has 2 aromatic carbocycles. The van der Waals surface area contributed by atoms with Crippen LogP contribution in [0.5, 0.6) is 5.75 Å². The first-order valence-corrected chi connectivity index (χ1v) is 6.69. The van der Waals surface area contributed by atoms with E-state index >= 15 is 0 Å². The van der Waals surface area contributed by atoms with Gasteiger partial charge in [0.05, 0.1) is 13.2 Å². The zero-order valence-corrected chi connectivity index (χ0v) is 12.3. The van der Waals surface area contributed by atoms with Gasteiger partial charge in [-0.15, -0.1) is 0 Å². The maximum absolute atomic E-state index is 13.6. The van der Waals surface area contributed by atoms with E-state index in [-0.39, 0.29) is 11.9 Å². The number of halogens is 1. The second-order valence-electron chi connectivity index (χ2n) is 5.02. The molecule has 0 fully saturated rings. The number of rotatable bonds is 4. The summed E-state index contributed by atoms with van der Waals surface area (Å²) in [6, 6.07) is 11.2. The molecule has 1 N–H and O–H groups in total. The molecule has 0 bridgehead atoms. The third kappa shape index (κ3) is 2.93. The summed E-state index contributed by atoms with van der Waals surface area (Å²) in [6.45, 7) is 5.86. The molecule has 0 saturated carbocycles. The zero-order chi connectivity index (χ0) is 14.7. The van der Waals surface area contributed by atoms with Gasteiger partial charge >= 0.3 is 0 Å². The van der Waals surface area contributed by atoms with E-state index in [9.17, 15) is 4.39 Å². The Balaban J connectivity index is 2.30. The number of ether oxygens (including phenoxy) is 1. The molecule has 0 aliphatic heterocycles. The minimum absolute atomic E-state index is 0.0327. The average molecular weight is 273 g/mol. The van der Waals surface area contributed by atoms with E-state index in [4.69, 9.17) is 4.74 Å². The summed E-state index contributed by atoms with van der Waals surface area (Å²) in [5, 5.41) is 3.35. The van der Waals surface area contributed by atoms with Crippen LogP contribution in [0.2, 0.25) is 0 Å². The number of nitrogens with one attached hydrogen (secondary N) is 1. The van der Waals surface area contributed by atoms with Gasteiger partial charge in [-0.1, -0.05) is 23.8 Å². The highest BCUT2D eigenvalue weighted by Gasteiger charge is 2.13. The van der Waals surface area contributed by atoms with Crippen LogP contribution in [0, 0.1) is 19.7 Å². The van der Waals surface area contributed by atoms with Gasteiger partial charge in [-0.05, 0) is 39.0 Å². The van der Waals surface area contributed by atoms with Gasteiger partial charge in [-0.2, -0.15) is 0 Å². The van der Waals surface area contributed by atoms with Crippen LogP contribution in [0.1, 0.15) is 29.7 Å². The number of hydrogen-bond donors (Lipinski definition) is 1. The van der Waals surface area contributed by atoms with Crippen molar-refractivity contribution in [3.8, 4) is 5.75 Å². The third-order valence-corrected chi connectivity index (χ3v) is 3.49. The molecule has 2 rings (SSSR count). The Bertz CT molecular complexity index is 610. The van der Waals surface area contributed by atoms with E-state index in [0.717, 1.165) is 17.0 Å². The number of hydrogen-bond acceptors (Lipinski definition) is 2. The van der Waals surface area contributed by atoms with Crippen molar-refractivity contribution in [2.24, 2.45) is 0 Å². The minimum Gasteiger partial charge on any atom is -0.496 e. The first-order valence-electron chi connectivity index (χ1n) is 6.69. The Hall–Kier alpha value is -2.03. The Labute approximate surface area is 119 Å². The Morgan fingerprint density at radius 2 is 1.90 bits per heavy atom. The first-order chi connectivity index (χ1) is 9.52. The highest BCUT2D eigenvalue weighted by molar-refractivity contribution is 5.53. The molecule has 1 atom stereocenters. The molecule has 0 aliphatic carbocycles. The molecule has 0 heterocycles. The SMILES string of the molecule is COc1ccc(C)cc1C(C)Nc1cccc(F)c1C. The van der Waals surface area contributed by atoms with Crippen LogP contribution in [0.15, 0.2) is 36.4 Å². The molecule has 106 valence electrons. The Morgan fingerprint density at radius 3 is 2.60 bits per heavy atom. The standard InChI is InChI=1S/C17H20FNO/c1-11-8-9-17(20-4)14(10-11)13(3)19-16-7-5-6-15(18)12(16)2/h5-10,13,19H,1-4H3. The summed E-state index contributed by atoms with van der Waals surface area (Å²) >= 11 is 0. The van der Waals surface area contributed by atoms with Crippen LogP contribution in [0.25, 0.3) is 0 Å². The lowest BCUT2D eigenvalue weighted by Gasteiger charge is -2.20. The van der Waals surface area contributed by atoms with E-state index in [1.165, 1.54) is 11.6 Å². The minimum atomic E-state index is -0.196. The summed E-state index contributed by atoms with van der Waals surface area (Å²) in [5.74, 6) is 0.642. The van der Waals surface area contributed by atoms with Crippen LogP contribution < -0.4 is 10.1 Å². The fraction of sp³-hybridized carbons (Fsp3) is 0.294. The predicted octanol–water partition coefficient (Wildman–Crippen LogP) is 4.62. The van der Waals surface area contributed by atoms with Crippen molar-refractivity contribution < 1.29 is 9.13 Å². The van der Waals surface area contributed by atoms with Crippen molar-refractivity contribution in [2.45, 2.75) is 26.8 Å². The summed E-state index contributed by atoms with van der Waals surface area (Å²) in [4.78, 5) is 0. The van der Waals surface area contributed by atoms with Gasteiger partial charge in [0.1, 0.15) is 11.6 Å². The van der Waals surface area contributed by atoms with Gasteiger partial charge in [0.2, 0.25) is 0 Å². The van der Waals surface area contributed by atoms with Crippen molar-refractivity contribution in [3.63, 3.8) is 0 Å². The summed E-state index contributed by atoms with van der Waals surface area (Å²) in [6.07, 6.45) is 0. The number of anilines is 1. The van der Waals surface area contributed by atoms with Crippen molar-refractivity contribution in [3.05, 3.63) is 58.9 Å². The van der Waals surface area contributed by atoms with Gasteiger partial charge in [0.25, 0.3) is 0 Å². The molecule has 2 aromatic rings. The number of benzene rings is 2. The Morgan fingerprint density at radius 1 is 1.15 bits per heavy atom. The quantitative estimate of drug-likeness (QED) is 0.877. The van der Waals surface area contributed by atoms with Gasteiger partial charge in [0, 0.05) is 16.8 Å². The molecule has 0 radical (unpaired) electrons. The number of methoxy groups -OCH3 is 1. The summed E-state index contributed by atoms with van der Waals surface area (Å²) in [7, 11) is 1.66. The highest BCUT2D eigenvalue weighted by atomic mass is 19.1. The Kier molecular flexibility index (Phi) is 4.28. The fourth-order valence-corrected chi connectivity index (χ4v) is 2.27. The first kappa shape index (κ1) is 14.4. The van der Waals surface area contributed by atoms with Gasteiger partial charge < -0.3 is 10.1 Å². The lowest BCUT2D eigenvalue weighted by Crippen LogP contribution is -2.10. The largest absolute Gasteiger partial charge is 0.496 e. The van der Waals surface area contributed by atoms with E-state index in [0.29, 0.717) is 5.56 Å². The van der Waals surface area contributed by atoms with Crippen molar-refractivity contribution in [1.29, 1.82) is 0 Å². The second-order valence-corrected chi connectivity index (χ2v) is 5.02. The van der Waals surface area contributed by atoms with Crippen molar-refractivity contribution in [1.82, 2.24) is 0 Å². The lowest BCUT2D eigenvalue weighted by atomic mass is 10.0. The maximum atomic E-state index is 13.6. The van der Waals surface area contributed by atoms with E-state index in [1.54, 1.807) is 20.1 Å². The molecule has 0 spiro atoms. The van der Waals surface area contributed by atoms with E-state index in [1.807, 2.05) is 32.0 Å². The molecule has 2 nitrogen and oxygen atoms in total. The van der Waals surface area contributed by atoms with E-state index < -0.39 is 0 Å². The van der Waals surface area contributed by atoms with Crippen molar-refractivity contribution >= 4 is 5.69 Å². The monoisotopic (exact) mass is 273 g/mol. The van der Waals surface area contributed by atoms with Crippen LogP contribution in [0.4, 0.5) is 10.1 Å². The van der Waals surface area contributed by atoms with Gasteiger partial charge in [-0.3, -0.25) is 0 Å². The number of aryl methyl sites for hydroxylation is 1. The smallest absolute Gasteiger partial charge is 0.128 e. The molecule has 0 aliphatic rings. The zero-order valence-electron chi connectivity index (χ0n) is 12.3. The lowest BCUT2D eigenvalue weighted by molar-refractivity contribution is 0.408. The summed E-state index contributed by atoms with van der Waals surface area (Å²) in [5.41, 5.74) is 3.67. The molecule has 0 amide bonds. The van der Waals surface area contributed by atoms with Gasteiger partial charge in [-0.25, -0.2) is 4.39 Å². The average Bonchev–Trinajstić information content (AvgIpc) is 2.43. The third-order valence-electron chi connectivity index (χ3n) is 3.49. The van der Waals surface area contributed by atoms with Gasteiger partial charge in [0.15, 0.2) is 0 Å². The fourth-order valence-electron chi connectivity index (χ4n) is 2.27. The topological polar surface area (TPSA) is 21.3 Å². The molecular weight excluding hydrogens is 253 g/mol. The van der Waals surface area contributed by atoms with Crippen LogP contribution >= 0.6 is 0 Å². The molecule has 0 aromatic heterocycles. The molecule has 0 saturated heterocycles. The maximum Gasteiger partial charge on any atom is 0.128 e. The second kappa shape index (κ2) is 5.95. The van der Waals surface area contributed by atoms with Crippen molar-refractivity contribution in [2.75, 3.05) is 12.4 Å². The predicted molar refractivity (Wildman–Crippen MR) is 80.9 cm³/mol. The normalized spacial score (nSPS) is 12.1. The molecule has 3 heteroatoms. The molecular formula is C17H20FNO. The molecule has 1 unspecified atom stereocenters. The van der Waals surface area contributed by atoms with Crippen LogP contribution in [-0.4, -0.2) is 7.11 Å². The summed E-state index contributed by atoms with van der Waals surface area (Å²) < 4.78 is 19.0. The van der Waals surface area contributed by atoms with Crippen LogP contribution in [0.3, 0.4) is 0 Å². The van der Waals surface area contributed by atoms with Crippen LogP contribution in [-0.2, 0) is 0 Å².